The zero-order valence-electron chi connectivity index (χ0n) is 21.9. The van der Waals surface area contributed by atoms with E-state index in [2.05, 4.69) is 61.0 Å². The molecule has 4 heterocycles. The molecule has 0 aromatic carbocycles. The van der Waals surface area contributed by atoms with Crippen molar-refractivity contribution < 1.29 is 9.59 Å². The minimum Gasteiger partial charge on any atom is -0.350 e. The second kappa shape index (κ2) is 11.1. The van der Waals surface area contributed by atoms with Gasteiger partial charge in [0.15, 0.2) is 11.3 Å². The molecule has 4 N–H and O–H groups in total. The summed E-state index contributed by atoms with van der Waals surface area (Å²) in [6.45, 7) is 17.5. The van der Waals surface area contributed by atoms with Gasteiger partial charge >= 0.3 is 0 Å². The number of carbonyl (C=O) groups is 2. The third-order valence-electron chi connectivity index (χ3n) is 5.14. The van der Waals surface area contributed by atoms with Crippen molar-refractivity contribution in [3.05, 3.63) is 53.9 Å². The van der Waals surface area contributed by atoms with Crippen molar-refractivity contribution in [1.82, 2.24) is 40.5 Å². The highest BCUT2D eigenvalue weighted by Crippen LogP contribution is 2.19. The van der Waals surface area contributed by atoms with E-state index in [0.29, 0.717) is 39.1 Å². The minimum atomic E-state index is -0.149. The van der Waals surface area contributed by atoms with Gasteiger partial charge in [0.25, 0.3) is 11.8 Å². The molecule has 36 heavy (non-hydrogen) atoms. The number of hydrogen-bond donors (Lipinski definition) is 4. The molecule has 10 heteroatoms. The first-order valence-corrected chi connectivity index (χ1v) is 11.9. The van der Waals surface area contributed by atoms with Crippen molar-refractivity contribution in [2.75, 3.05) is 0 Å². The summed E-state index contributed by atoms with van der Waals surface area (Å²) < 4.78 is 0. The Morgan fingerprint density at radius 2 is 1.28 bits per heavy atom. The van der Waals surface area contributed by atoms with Gasteiger partial charge in [-0.3, -0.25) is 9.59 Å². The summed E-state index contributed by atoms with van der Waals surface area (Å²) in [4.78, 5) is 47.4. The fourth-order valence-corrected chi connectivity index (χ4v) is 3.31. The molecule has 4 aromatic heterocycles. The first kappa shape index (κ1) is 26.5. The molecule has 4 rings (SSSR count). The second-order valence-corrected chi connectivity index (χ2v) is 9.54. The minimum absolute atomic E-state index is 0.0831. The number of nitrogens with zero attached hydrogens (tertiary/aromatic N) is 4. The summed E-state index contributed by atoms with van der Waals surface area (Å²) in [7, 11) is 0. The average molecular weight is 491 g/mol. The van der Waals surface area contributed by atoms with Gasteiger partial charge in [-0.2, -0.15) is 0 Å². The largest absolute Gasteiger partial charge is 0.350 e. The topological polar surface area (TPSA) is 141 Å². The van der Waals surface area contributed by atoms with Crippen LogP contribution >= 0.6 is 0 Å². The van der Waals surface area contributed by atoms with Crippen LogP contribution < -0.4 is 10.6 Å². The van der Waals surface area contributed by atoms with E-state index in [0.717, 1.165) is 11.3 Å². The van der Waals surface area contributed by atoms with Gasteiger partial charge in [0, 0.05) is 24.5 Å². The van der Waals surface area contributed by atoms with E-state index in [1.807, 2.05) is 34.6 Å². The molecule has 0 saturated heterocycles. The Labute approximate surface area is 210 Å². The molecule has 0 saturated carbocycles. The summed E-state index contributed by atoms with van der Waals surface area (Å²) in [6, 6.07) is 0.184. The molecule has 10 nitrogen and oxygen atoms in total. The molecule has 0 unspecified atom stereocenters. The Hall–Kier alpha value is -4.08. The van der Waals surface area contributed by atoms with Crippen LogP contribution in [0, 0.1) is 0 Å². The van der Waals surface area contributed by atoms with Crippen LogP contribution in [0.1, 0.15) is 86.5 Å². The highest BCUT2D eigenvalue weighted by molar-refractivity contribution is 6.05. The molecule has 0 aliphatic carbocycles. The number of aromatic amines is 2. The van der Waals surface area contributed by atoms with E-state index < -0.39 is 0 Å². The number of H-pyrrole nitrogens is 2. The Morgan fingerprint density at radius 1 is 0.806 bits per heavy atom. The van der Waals surface area contributed by atoms with E-state index in [1.54, 1.807) is 24.8 Å². The number of nitrogens with one attached hydrogen (secondary N) is 4. The molecular formula is C26H34N8O2. The molecule has 0 atom stereocenters. The van der Waals surface area contributed by atoms with Crippen LogP contribution in [0.4, 0.5) is 0 Å². The summed E-state index contributed by atoms with van der Waals surface area (Å²) in [5, 5.41) is 5.70. The zero-order chi connectivity index (χ0) is 26.6. The van der Waals surface area contributed by atoms with Gasteiger partial charge in [-0.25, -0.2) is 19.9 Å². The zero-order valence-corrected chi connectivity index (χ0v) is 21.9. The maximum absolute atomic E-state index is 12.0. The lowest BCUT2D eigenvalue weighted by molar-refractivity contribution is 0.0936. The Kier molecular flexibility index (Phi) is 8.18. The van der Waals surface area contributed by atoms with E-state index in [4.69, 9.17) is 0 Å². The van der Waals surface area contributed by atoms with Crippen LogP contribution in [0.2, 0.25) is 0 Å². The van der Waals surface area contributed by atoms with Gasteiger partial charge in [0.1, 0.15) is 11.0 Å². The van der Waals surface area contributed by atoms with Crippen LogP contribution in [-0.4, -0.2) is 53.8 Å². The quantitative estimate of drug-likeness (QED) is 0.317. The first-order valence-electron chi connectivity index (χ1n) is 11.9. The third-order valence-corrected chi connectivity index (χ3v) is 5.14. The number of amides is 2. The smallest absolute Gasteiger partial charge is 0.255 e. The number of hydrogen-bond acceptors (Lipinski definition) is 6. The number of allylic oxidation sites excluding steroid dienone is 1. The fourth-order valence-electron chi connectivity index (χ4n) is 3.31. The maximum atomic E-state index is 12.0. The molecule has 0 bridgehead atoms. The van der Waals surface area contributed by atoms with Crippen molar-refractivity contribution in [2.45, 2.75) is 66.5 Å². The van der Waals surface area contributed by atoms with Gasteiger partial charge in [-0.1, -0.05) is 20.4 Å². The first-order chi connectivity index (χ1) is 17.0. The number of carbonyl (C=O) groups excluding carboxylic acids is 2. The SMILES string of the molecule is C=C(C)c1cnc2[nH]cc(C(=O)NC(C)C)c2n1.CC(C)NC(=O)c1c[nH]c2ncc(C(C)C)nc12. The molecule has 2 amide bonds. The lowest BCUT2D eigenvalue weighted by Gasteiger charge is -2.07. The standard InChI is InChI=1S/C13H18N4O.C13H16N4O/c2*1-7(2)10-6-15-12-11(17-10)9(5-14-12)13(18)16-8(3)4/h5-8H,1-4H3,(H,14,15)(H,16,18);5-6,8H,1H2,2-4H3,(H,14,15)(H,16,18). The monoisotopic (exact) mass is 490 g/mol. The van der Waals surface area contributed by atoms with Gasteiger partial charge < -0.3 is 20.6 Å². The molecule has 4 aromatic rings. The van der Waals surface area contributed by atoms with E-state index in [-0.39, 0.29) is 29.8 Å². The fraction of sp³-hybridized carbons (Fsp3) is 0.385. The predicted molar refractivity (Wildman–Crippen MR) is 142 cm³/mol. The van der Waals surface area contributed by atoms with Gasteiger partial charge in [-0.05, 0) is 46.1 Å². The Bertz CT molecular complexity index is 1400. The molecule has 190 valence electrons. The molecule has 0 radical (unpaired) electrons. The Balaban J connectivity index is 0.000000201. The normalized spacial score (nSPS) is 11.2. The highest BCUT2D eigenvalue weighted by Gasteiger charge is 2.17. The lowest BCUT2D eigenvalue weighted by atomic mass is 10.1. The molecule has 0 aliphatic rings. The molecule has 0 spiro atoms. The van der Waals surface area contributed by atoms with Gasteiger partial charge in [0.05, 0.1) is 34.9 Å². The van der Waals surface area contributed by atoms with Crippen LogP contribution in [0.5, 0.6) is 0 Å². The number of aromatic nitrogens is 6. The molecule has 0 aliphatic heterocycles. The number of rotatable bonds is 6. The van der Waals surface area contributed by atoms with Crippen molar-refractivity contribution in [3.63, 3.8) is 0 Å². The van der Waals surface area contributed by atoms with E-state index in [1.165, 1.54) is 0 Å². The van der Waals surface area contributed by atoms with Crippen molar-refractivity contribution in [3.8, 4) is 0 Å². The van der Waals surface area contributed by atoms with Crippen LogP contribution in [0.15, 0.2) is 31.4 Å². The van der Waals surface area contributed by atoms with E-state index >= 15 is 0 Å². The van der Waals surface area contributed by atoms with Gasteiger partial charge in [-0.15, -0.1) is 0 Å². The van der Waals surface area contributed by atoms with Crippen LogP contribution in [-0.2, 0) is 0 Å². The lowest BCUT2D eigenvalue weighted by Crippen LogP contribution is -2.30. The van der Waals surface area contributed by atoms with Gasteiger partial charge in [0.2, 0.25) is 0 Å². The van der Waals surface area contributed by atoms with Crippen molar-refractivity contribution in [1.29, 1.82) is 0 Å². The average Bonchev–Trinajstić information content (AvgIpc) is 3.42. The van der Waals surface area contributed by atoms with Crippen LogP contribution in [0.3, 0.4) is 0 Å². The summed E-state index contributed by atoms with van der Waals surface area (Å²) in [5.41, 5.74) is 5.93. The highest BCUT2D eigenvalue weighted by atomic mass is 16.2. The Morgan fingerprint density at radius 3 is 1.72 bits per heavy atom. The summed E-state index contributed by atoms with van der Waals surface area (Å²) >= 11 is 0. The molecule has 0 fully saturated rings. The molecular weight excluding hydrogens is 456 g/mol. The second-order valence-electron chi connectivity index (χ2n) is 9.54. The predicted octanol–water partition coefficient (Wildman–Crippen LogP) is 4.35. The maximum Gasteiger partial charge on any atom is 0.255 e. The summed E-state index contributed by atoms with van der Waals surface area (Å²) in [6.07, 6.45) is 6.68. The third kappa shape index (κ3) is 6.12. The van der Waals surface area contributed by atoms with Crippen molar-refractivity contribution >= 4 is 39.7 Å². The summed E-state index contributed by atoms with van der Waals surface area (Å²) in [5.74, 6) is 0.0219. The van der Waals surface area contributed by atoms with Crippen molar-refractivity contribution in [2.24, 2.45) is 0 Å². The number of fused-ring (bicyclic) bond motifs is 2. The van der Waals surface area contributed by atoms with E-state index in [9.17, 15) is 9.59 Å². The van der Waals surface area contributed by atoms with Crippen LogP contribution in [0.25, 0.3) is 27.9 Å².